The van der Waals surface area contributed by atoms with Gasteiger partial charge in [0.05, 0.1) is 0 Å². The SMILES string of the molecule is CCC(OCCCc1ccc(-c2ncc(C)cn2)cc1)C(F)(F)F. The Bertz CT molecular complexity index is 624. The summed E-state index contributed by atoms with van der Waals surface area (Å²) < 4.78 is 42.6. The maximum absolute atomic E-state index is 12.6. The Kier molecular flexibility index (Phi) is 6.31. The van der Waals surface area contributed by atoms with Gasteiger partial charge in [-0.15, -0.1) is 0 Å². The summed E-state index contributed by atoms with van der Waals surface area (Å²) in [6.07, 6.45) is -1.27. The van der Waals surface area contributed by atoms with E-state index < -0.39 is 12.3 Å². The van der Waals surface area contributed by atoms with Crippen molar-refractivity contribution in [2.24, 2.45) is 0 Å². The summed E-state index contributed by atoms with van der Waals surface area (Å²) in [6.45, 7) is 3.50. The molecule has 0 bridgehead atoms. The second kappa shape index (κ2) is 8.24. The number of hydrogen-bond donors (Lipinski definition) is 0. The quantitative estimate of drug-likeness (QED) is 0.684. The Morgan fingerprint density at radius 3 is 2.25 bits per heavy atom. The Morgan fingerprint density at radius 1 is 1.08 bits per heavy atom. The van der Waals surface area contributed by atoms with Gasteiger partial charge in [-0.25, -0.2) is 9.97 Å². The van der Waals surface area contributed by atoms with E-state index in [1.807, 2.05) is 31.2 Å². The topological polar surface area (TPSA) is 35.0 Å². The lowest BCUT2D eigenvalue weighted by molar-refractivity contribution is -0.221. The molecular weight excluding hydrogens is 317 g/mol. The zero-order valence-electron chi connectivity index (χ0n) is 13.8. The predicted octanol–water partition coefficient (Wildman–Crippen LogP) is 4.74. The summed E-state index contributed by atoms with van der Waals surface area (Å²) in [5, 5.41) is 0. The van der Waals surface area contributed by atoms with Gasteiger partial charge in [0.1, 0.15) is 0 Å². The second-order valence-corrected chi connectivity index (χ2v) is 5.69. The number of ether oxygens (including phenoxy) is 1. The van der Waals surface area contributed by atoms with Crippen molar-refractivity contribution >= 4 is 0 Å². The molecule has 1 aromatic heterocycles. The van der Waals surface area contributed by atoms with Crippen molar-refractivity contribution in [3.8, 4) is 11.4 Å². The van der Waals surface area contributed by atoms with Crippen molar-refractivity contribution in [3.05, 3.63) is 47.8 Å². The zero-order chi connectivity index (χ0) is 17.6. The summed E-state index contributed by atoms with van der Waals surface area (Å²) in [7, 11) is 0. The second-order valence-electron chi connectivity index (χ2n) is 5.69. The van der Waals surface area contributed by atoms with Gasteiger partial charge in [-0.3, -0.25) is 0 Å². The van der Waals surface area contributed by atoms with E-state index in [4.69, 9.17) is 4.74 Å². The molecule has 6 heteroatoms. The smallest absolute Gasteiger partial charge is 0.369 e. The highest BCUT2D eigenvalue weighted by atomic mass is 19.4. The lowest BCUT2D eigenvalue weighted by Crippen LogP contribution is -2.31. The molecule has 0 spiro atoms. The van der Waals surface area contributed by atoms with Crippen LogP contribution in [-0.2, 0) is 11.2 Å². The molecule has 0 saturated carbocycles. The molecule has 2 aromatic rings. The Morgan fingerprint density at radius 2 is 1.71 bits per heavy atom. The van der Waals surface area contributed by atoms with E-state index >= 15 is 0 Å². The van der Waals surface area contributed by atoms with Crippen LogP contribution in [0.4, 0.5) is 13.2 Å². The van der Waals surface area contributed by atoms with Gasteiger partial charge in [0.15, 0.2) is 11.9 Å². The van der Waals surface area contributed by atoms with Gasteiger partial charge >= 0.3 is 6.18 Å². The number of hydrogen-bond acceptors (Lipinski definition) is 3. The molecule has 0 amide bonds. The summed E-state index contributed by atoms with van der Waals surface area (Å²) in [4.78, 5) is 8.54. The van der Waals surface area contributed by atoms with Crippen molar-refractivity contribution in [1.82, 2.24) is 9.97 Å². The van der Waals surface area contributed by atoms with E-state index in [-0.39, 0.29) is 13.0 Å². The van der Waals surface area contributed by atoms with Crippen LogP contribution in [0, 0.1) is 6.92 Å². The first kappa shape index (κ1) is 18.4. The highest BCUT2D eigenvalue weighted by Crippen LogP contribution is 2.25. The van der Waals surface area contributed by atoms with E-state index in [0.29, 0.717) is 18.7 Å². The van der Waals surface area contributed by atoms with Gasteiger partial charge in [0, 0.05) is 24.6 Å². The van der Waals surface area contributed by atoms with Crippen LogP contribution in [0.1, 0.15) is 30.9 Å². The Hall–Kier alpha value is -1.95. The number of benzene rings is 1. The molecule has 0 fully saturated rings. The molecule has 1 heterocycles. The minimum atomic E-state index is -4.29. The lowest BCUT2D eigenvalue weighted by Gasteiger charge is -2.19. The third-order valence-corrected chi connectivity index (χ3v) is 3.66. The maximum Gasteiger partial charge on any atom is 0.414 e. The molecule has 0 aliphatic heterocycles. The van der Waals surface area contributed by atoms with Crippen molar-refractivity contribution < 1.29 is 17.9 Å². The number of alkyl halides is 3. The van der Waals surface area contributed by atoms with Gasteiger partial charge in [-0.1, -0.05) is 31.2 Å². The first-order valence-corrected chi connectivity index (χ1v) is 7.96. The van der Waals surface area contributed by atoms with E-state index in [2.05, 4.69) is 9.97 Å². The minimum Gasteiger partial charge on any atom is -0.369 e. The number of aryl methyl sites for hydroxylation is 2. The largest absolute Gasteiger partial charge is 0.414 e. The number of nitrogens with zero attached hydrogens (tertiary/aromatic N) is 2. The van der Waals surface area contributed by atoms with Crippen molar-refractivity contribution in [2.75, 3.05) is 6.61 Å². The summed E-state index contributed by atoms with van der Waals surface area (Å²) in [5.41, 5.74) is 2.97. The summed E-state index contributed by atoms with van der Waals surface area (Å²) in [5.74, 6) is 0.659. The van der Waals surface area contributed by atoms with Crippen LogP contribution in [0.25, 0.3) is 11.4 Å². The summed E-state index contributed by atoms with van der Waals surface area (Å²) >= 11 is 0. The average molecular weight is 338 g/mol. The van der Waals surface area contributed by atoms with Gasteiger partial charge in [-0.05, 0) is 37.3 Å². The van der Waals surface area contributed by atoms with Crippen LogP contribution in [0.15, 0.2) is 36.7 Å². The highest BCUT2D eigenvalue weighted by Gasteiger charge is 2.38. The fourth-order valence-corrected chi connectivity index (χ4v) is 2.31. The van der Waals surface area contributed by atoms with E-state index in [0.717, 1.165) is 16.7 Å². The molecule has 0 radical (unpaired) electrons. The standard InChI is InChI=1S/C18H21F3N2O/c1-3-16(18(19,20)21)24-10-4-5-14-6-8-15(9-7-14)17-22-11-13(2)12-23-17/h6-9,11-12,16H,3-5,10H2,1-2H3. The molecular formula is C18H21F3N2O. The van der Waals surface area contributed by atoms with E-state index in [1.54, 1.807) is 12.4 Å². The molecule has 2 rings (SSSR count). The van der Waals surface area contributed by atoms with E-state index in [1.165, 1.54) is 6.92 Å². The molecule has 0 aliphatic carbocycles. The first-order chi connectivity index (χ1) is 11.4. The van der Waals surface area contributed by atoms with Crippen LogP contribution in [-0.4, -0.2) is 28.9 Å². The molecule has 0 saturated heterocycles. The fourth-order valence-electron chi connectivity index (χ4n) is 2.31. The molecule has 0 N–H and O–H groups in total. The van der Waals surface area contributed by atoms with Crippen LogP contribution in [0.2, 0.25) is 0 Å². The summed E-state index contributed by atoms with van der Waals surface area (Å²) in [6, 6.07) is 7.73. The Balaban J connectivity index is 1.83. The number of halogens is 3. The van der Waals surface area contributed by atoms with Crippen LogP contribution in [0.3, 0.4) is 0 Å². The van der Waals surface area contributed by atoms with Crippen LogP contribution in [0.5, 0.6) is 0 Å². The monoisotopic (exact) mass is 338 g/mol. The molecule has 0 aliphatic rings. The lowest BCUT2D eigenvalue weighted by atomic mass is 10.1. The molecule has 3 nitrogen and oxygen atoms in total. The predicted molar refractivity (Wildman–Crippen MR) is 86.6 cm³/mol. The average Bonchev–Trinajstić information content (AvgIpc) is 2.55. The molecule has 130 valence electrons. The van der Waals surface area contributed by atoms with Crippen molar-refractivity contribution in [1.29, 1.82) is 0 Å². The minimum absolute atomic E-state index is 0.0608. The molecule has 1 aromatic carbocycles. The van der Waals surface area contributed by atoms with Gasteiger partial charge in [-0.2, -0.15) is 13.2 Å². The molecule has 1 unspecified atom stereocenters. The Labute approximate surface area is 139 Å². The number of aromatic nitrogens is 2. The normalized spacial score (nSPS) is 13.0. The van der Waals surface area contributed by atoms with Crippen molar-refractivity contribution in [3.63, 3.8) is 0 Å². The fraction of sp³-hybridized carbons (Fsp3) is 0.444. The maximum atomic E-state index is 12.6. The van der Waals surface area contributed by atoms with Crippen LogP contribution >= 0.6 is 0 Å². The zero-order valence-corrected chi connectivity index (χ0v) is 13.8. The highest BCUT2D eigenvalue weighted by molar-refractivity contribution is 5.55. The molecule has 1 atom stereocenters. The van der Waals surface area contributed by atoms with Crippen LogP contribution < -0.4 is 0 Å². The van der Waals surface area contributed by atoms with E-state index in [9.17, 15) is 13.2 Å². The molecule has 24 heavy (non-hydrogen) atoms. The van der Waals surface area contributed by atoms with Gasteiger partial charge in [0.25, 0.3) is 0 Å². The van der Waals surface area contributed by atoms with Gasteiger partial charge in [0.2, 0.25) is 0 Å². The third-order valence-electron chi connectivity index (χ3n) is 3.66. The van der Waals surface area contributed by atoms with Gasteiger partial charge < -0.3 is 4.74 Å². The third kappa shape index (κ3) is 5.30. The van der Waals surface area contributed by atoms with Crippen molar-refractivity contribution in [2.45, 2.75) is 45.4 Å². The first-order valence-electron chi connectivity index (χ1n) is 7.96. The number of rotatable bonds is 7.